The van der Waals surface area contributed by atoms with Gasteiger partial charge in [0.2, 0.25) is 0 Å². The number of rotatable bonds is 16. The van der Waals surface area contributed by atoms with Crippen molar-refractivity contribution in [2.45, 2.75) is 83.5 Å². The van der Waals surface area contributed by atoms with E-state index in [4.69, 9.17) is 4.84 Å². The van der Waals surface area contributed by atoms with Gasteiger partial charge in [0, 0.05) is 32.4 Å². The van der Waals surface area contributed by atoms with Crippen LogP contribution in [0, 0.1) is 11.8 Å². The van der Waals surface area contributed by atoms with Gasteiger partial charge in [0.25, 0.3) is 0 Å². The first kappa shape index (κ1) is 24.4. The first-order chi connectivity index (χ1) is 13.8. The summed E-state index contributed by atoms with van der Waals surface area (Å²) in [4.78, 5) is 9.26. The lowest BCUT2D eigenvalue weighted by Gasteiger charge is -2.12. The molecule has 1 aromatic rings. The smallest absolute Gasteiger partial charge is 0.0575 e. The molecule has 3 heteroatoms. The number of aromatic nitrogens is 1. The zero-order valence-corrected chi connectivity index (χ0v) is 18.2. The number of nitrogens with zero attached hydrogens (tertiary/aromatic N) is 2. The number of unbranched alkanes of at least 4 members (excludes halogenated alkanes) is 10. The van der Waals surface area contributed by atoms with E-state index in [-0.39, 0.29) is 0 Å². The average molecular weight is 385 g/mol. The van der Waals surface area contributed by atoms with E-state index in [9.17, 15) is 0 Å². The molecule has 0 saturated heterocycles. The van der Waals surface area contributed by atoms with Crippen LogP contribution < -0.4 is 0 Å². The molecule has 0 amide bonds. The van der Waals surface area contributed by atoms with E-state index >= 15 is 0 Å². The van der Waals surface area contributed by atoms with Gasteiger partial charge in [0.1, 0.15) is 0 Å². The predicted molar refractivity (Wildman–Crippen MR) is 120 cm³/mol. The van der Waals surface area contributed by atoms with Crippen molar-refractivity contribution >= 4 is 0 Å². The van der Waals surface area contributed by atoms with Gasteiger partial charge in [-0.05, 0) is 56.2 Å². The van der Waals surface area contributed by atoms with Crippen LogP contribution in [0.2, 0.25) is 0 Å². The lowest BCUT2D eigenvalue weighted by Crippen LogP contribution is -2.17. The van der Waals surface area contributed by atoms with Gasteiger partial charge in [0.05, 0.1) is 7.11 Å². The number of pyridine rings is 1. The van der Waals surface area contributed by atoms with Crippen molar-refractivity contribution < 1.29 is 4.84 Å². The molecule has 3 nitrogen and oxygen atoms in total. The van der Waals surface area contributed by atoms with Gasteiger partial charge in [0.15, 0.2) is 0 Å². The fraction of sp³-hybridized carbons (Fsp3) is 0.640. The summed E-state index contributed by atoms with van der Waals surface area (Å²) >= 11 is 0. The number of allylic oxidation sites excluding steroid dienone is 2. The van der Waals surface area contributed by atoms with Crippen molar-refractivity contribution in [3.63, 3.8) is 0 Å². The Morgan fingerprint density at radius 1 is 1.00 bits per heavy atom. The van der Waals surface area contributed by atoms with Gasteiger partial charge >= 0.3 is 0 Å². The number of aryl methyl sites for hydroxylation is 1. The molecule has 0 unspecified atom stereocenters. The lowest BCUT2D eigenvalue weighted by atomic mass is 10.1. The highest BCUT2D eigenvalue weighted by Gasteiger charge is 1.95. The van der Waals surface area contributed by atoms with Crippen molar-refractivity contribution in [3.05, 3.63) is 42.2 Å². The molecule has 1 heterocycles. The lowest BCUT2D eigenvalue weighted by molar-refractivity contribution is -0.109. The van der Waals surface area contributed by atoms with Crippen LogP contribution in [0.3, 0.4) is 0 Å². The molecule has 0 aliphatic rings. The Kier molecular flexibility index (Phi) is 16.3. The third kappa shape index (κ3) is 15.4. The molecular formula is C25H40N2O. The minimum atomic E-state index is 0.992. The summed E-state index contributed by atoms with van der Waals surface area (Å²) < 4.78 is 0. The van der Waals surface area contributed by atoms with E-state index in [0.717, 1.165) is 19.4 Å². The molecule has 0 fully saturated rings. The molecule has 0 N–H and O–H groups in total. The Labute approximate surface area is 173 Å². The largest absolute Gasteiger partial charge is 0.303 e. The van der Waals surface area contributed by atoms with Gasteiger partial charge in [-0.15, -0.1) is 0 Å². The molecule has 28 heavy (non-hydrogen) atoms. The SMILES string of the molecule is CON(C)CCCCCCCCCC/C=C/C#CCCCCc1cccnc1. The molecule has 1 aromatic heterocycles. The van der Waals surface area contributed by atoms with Crippen molar-refractivity contribution in [2.75, 3.05) is 20.7 Å². The van der Waals surface area contributed by atoms with Crippen LogP contribution in [0.25, 0.3) is 0 Å². The monoisotopic (exact) mass is 384 g/mol. The molecular weight excluding hydrogens is 344 g/mol. The maximum Gasteiger partial charge on any atom is 0.0575 e. The Morgan fingerprint density at radius 3 is 2.46 bits per heavy atom. The minimum absolute atomic E-state index is 0.992. The first-order valence-corrected chi connectivity index (χ1v) is 11.1. The normalized spacial score (nSPS) is 11.1. The van der Waals surface area contributed by atoms with Gasteiger partial charge in [-0.2, -0.15) is 5.06 Å². The highest BCUT2D eigenvalue weighted by Crippen LogP contribution is 2.10. The Hall–Kier alpha value is -1.63. The predicted octanol–water partition coefficient (Wildman–Crippen LogP) is 6.36. The van der Waals surface area contributed by atoms with E-state index in [0.29, 0.717) is 0 Å². The summed E-state index contributed by atoms with van der Waals surface area (Å²) in [7, 11) is 3.72. The van der Waals surface area contributed by atoms with Crippen molar-refractivity contribution in [1.82, 2.24) is 10.0 Å². The summed E-state index contributed by atoms with van der Waals surface area (Å²) in [6.45, 7) is 1.04. The Balaban J connectivity index is 1.81. The second-order valence-electron chi connectivity index (χ2n) is 7.44. The van der Waals surface area contributed by atoms with E-state index in [1.54, 1.807) is 7.11 Å². The van der Waals surface area contributed by atoms with Crippen LogP contribution in [-0.2, 0) is 11.3 Å². The zero-order valence-electron chi connectivity index (χ0n) is 18.2. The molecule has 0 aliphatic heterocycles. The van der Waals surface area contributed by atoms with Crippen LogP contribution >= 0.6 is 0 Å². The van der Waals surface area contributed by atoms with Gasteiger partial charge < -0.3 is 4.84 Å². The molecule has 0 atom stereocenters. The number of hydroxylamine groups is 2. The molecule has 0 radical (unpaired) electrons. The van der Waals surface area contributed by atoms with Gasteiger partial charge in [-0.1, -0.05) is 62.5 Å². The first-order valence-electron chi connectivity index (χ1n) is 11.1. The number of hydrogen-bond donors (Lipinski definition) is 0. The standard InChI is InChI=1S/C25H40N2O/c1-27(28-2)23-18-16-14-12-10-8-6-4-3-5-7-9-11-13-15-17-20-25-21-19-22-26-24-25/h5,7,19,21-22,24H,3-4,6,8,10,12-18,20,23H2,1-2H3/b7-5+. The zero-order chi connectivity index (χ0) is 20.1. The van der Waals surface area contributed by atoms with E-state index in [1.165, 1.54) is 76.2 Å². The molecule has 0 bridgehead atoms. The molecule has 0 aliphatic carbocycles. The summed E-state index contributed by atoms with van der Waals surface area (Å²) in [5, 5.41) is 1.90. The second-order valence-corrected chi connectivity index (χ2v) is 7.44. The molecule has 156 valence electrons. The molecule has 0 saturated carbocycles. The fourth-order valence-electron chi connectivity index (χ4n) is 3.11. The van der Waals surface area contributed by atoms with Crippen LogP contribution in [0.5, 0.6) is 0 Å². The maximum absolute atomic E-state index is 5.11. The van der Waals surface area contributed by atoms with E-state index < -0.39 is 0 Å². The second kappa shape index (κ2) is 18.7. The van der Waals surface area contributed by atoms with Crippen molar-refractivity contribution in [2.24, 2.45) is 0 Å². The number of hydrogen-bond acceptors (Lipinski definition) is 3. The molecule has 0 spiro atoms. The van der Waals surface area contributed by atoms with Crippen LogP contribution in [-0.4, -0.2) is 30.7 Å². The summed E-state index contributed by atoms with van der Waals surface area (Å²) in [6, 6.07) is 4.15. The third-order valence-electron chi connectivity index (χ3n) is 4.95. The summed E-state index contributed by atoms with van der Waals surface area (Å²) in [5.74, 6) is 6.43. The van der Waals surface area contributed by atoms with Crippen LogP contribution in [0.1, 0.15) is 82.6 Å². The van der Waals surface area contributed by atoms with Crippen molar-refractivity contribution in [3.8, 4) is 11.8 Å². The van der Waals surface area contributed by atoms with Crippen LogP contribution in [0.4, 0.5) is 0 Å². The third-order valence-corrected chi connectivity index (χ3v) is 4.95. The van der Waals surface area contributed by atoms with Gasteiger partial charge in [-0.3, -0.25) is 4.98 Å². The quantitative estimate of drug-likeness (QED) is 0.188. The van der Waals surface area contributed by atoms with E-state index in [1.807, 2.05) is 36.6 Å². The average Bonchev–Trinajstić information content (AvgIpc) is 2.73. The minimum Gasteiger partial charge on any atom is -0.303 e. The molecule has 1 rings (SSSR count). The highest BCUT2D eigenvalue weighted by molar-refractivity contribution is 5.15. The van der Waals surface area contributed by atoms with E-state index in [2.05, 4.69) is 29.0 Å². The van der Waals surface area contributed by atoms with Crippen LogP contribution in [0.15, 0.2) is 36.7 Å². The summed E-state index contributed by atoms with van der Waals surface area (Å²) in [6.07, 6.45) is 24.3. The highest BCUT2D eigenvalue weighted by atomic mass is 16.7. The van der Waals surface area contributed by atoms with Gasteiger partial charge in [-0.25, -0.2) is 0 Å². The topological polar surface area (TPSA) is 25.4 Å². The van der Waals surface area contributed by atoms with Crippen molar-refractivity contribution in [1.29, 1.82) is 0 Å². The molecule has 0 aromatic carbocycles. The summed E-state index contributed by atoms with van der Waals surface area (Å²) in [5.41, 5.74) is 1.32. The maximum atomic E-state index is 5.11. The fourth-order valence-corrected chi connectivity index (χ4v) is 3.11. The Morgan fingerprint density at radius 2 is 1.75 bits per heavy atom. The Bertz CT molecular complexity index is 545.